The standard InChI is InChI=1S/C21H20Cl2FN3O3S/c1-12-11-25-26-20-15(12)10-18(27-31(29,30)21(4-5-21)6-7-28)16(19(20)24)8-13-2-3-14(22)9-17(13)23/h2-3,9-11,27-28H,4-8H2,1H3. The van der Waals surface area contributed by atoms with E-state index in [-0.39, 0.29) is 36.2 Å². The SMILES string of the molecule is Cc1cnnc2c(F)c(Cc3ccc(Cl)cc3Cl)c(NS(=O)(=O)C3(CCO)CC3)cc12. The van der Waals surface area contributed by atoms with Crippen molar-refractivity contribution in [3.63, 3.8) is 0 Å². The number of sulfonamides is 1. The van der Waals surface area contributed by atoms with E-state index in [2.05, 4.69) is 14.9 Å². The molecule has 4 rings (SSSR count). The lowest BCUT2D eigenvalue weighted by molar-refractivity contribution is 0.283. The van der Waals surface area contributed by atoms with Gasteiger partial charge in [-0.2, -0.15) is 5.10 Å². The van der Waals surface area contributed by atoms with E-state index in [0.29, 0.717) is 39.4 Å². The molecule has 1 aliphatic rings. The van der Waals surface area contributed by atoms with Crippen LogP contribution in [0.1, 0.15) is 36.0 Å². The number of aryl methyl sites for hydroxylation is 1. The van der Waals surface area contributed by atoms with Crippen molar-refractivity contribution in [2.75, 3.05) is 11.3 Å². The molecule has 2 N–H and O–H groups in total. The van der Waals surface area contributed by atoms with Crippen molar-refractivity contribution in [1.29, 1.82) is 0 Å². The summed E-state index contributed by atoms with van der Waals surface area (Å²) in [6, 6.07) is 6.43. The number of halogens is 3. The number of fused-ring (bicyclic) bond motifs is 1. The van der Waals surface area contributed by atoms with Crippen LogP contribution in [0, 0.1) is 12.7 Å². The predicted molar refractivity (Wildman–Crippen MR) is 120 cm³/mol. The number of aliphatic hydroxyl groups is 1. The van der Waals surface area contributed by atoms with Gasteiger partial charge in [-0.1, -0.05) is 29.3 Å². The number of hydrogen-bond donors (Lipinski definition) is 2. The molecule has 0 spiro atoms. The third-order valence-corrected chi connectivity index (χ3v) is 8.58. The largest absolute Gasteiger partial charge is 0.396 e. The molecule has 164 valence electrons. The number of aromatic nitrogens is 2. The lowest BCUT2D eigenvalue weighted by Crippen LogP contribution is -2.31. The first-order valence-electron chi connectivity index (χ1n) is 9.68. The average Bonchev–Trinajstić information content (AvgIpc) is 3.49. The van der Waals surface area contributed by atoms with E-state index in [1.807, 2.05) is 0 Å². The summed E-state index contributed by atoms with van der Waals surface area (Å²) in [7, 11) is -3.86. The topological polar surface area (TPSA) is 92.2 Å². The Morgan fingerprint density at radius 3 is 2.65 bits per heavy atom. The van der Waals surface area contributed by atoms with Crippen molar-refractivity contribution >= 4 is 49.8 Å². The fraction of sp³-hybridized carbons (Fsp3) is 0.333. The predicted octanol–water partition coefficient (Wildman–Crippen LogP) is 4.63. The summed E-state index contributed by atoms with van der Waals surface area (Å²) in [6.07, 6.45) is 2.53. The van der Waals surface area contributed by atoms with Gasteiger partial charge in [-0.25, -0.2) is 12.8 Å². The number of nitrogens with zero attached hydrogens (tertiary/aromatic N) is 2. The highest BCUT2D eigenvalue weighted by Crippen LogP contribution is 2.47. The molecular formula is C21H20Cl2FN3O3S. The molecule has 1 heterocycles. The van der Waals surface area contributed by atoms with Gasteiger partial charge in [-0.3, -0.25) is 4.72 Å². The molecule has 0 radical (unpaired) electrons. The van der Waals surface area contributed by atoms with E-state index in [0.717, 1.165) is 0 Å². The first-order valence-corrected chi connectivity index (χ1v) is 11.9. The molecule has 1 saturated carbocycles. The normalized spacial score (nSPS) is 15.3. The van der Waals surface area contributed by atoms with Gasteiger partial charge >= 0.3 is 0 Å². The van der Waals surface area contributed by atoms with Gasteiger partial charge in [-0.05, 0) is 55.5 Å². The second-order valence-corrected chi connectivity index (χ2v) is 10.7. The van der Waals surface area contributed by atoms with E-state index in [9.17, 15) is 13.5 Å². The number of anilines is 1. The van der Waals surface area contributed by atoms with Crippen LogP contribution >= 0.6 is 23.2 Å². The Balaban J connectivity index is 1.86. The van der Waals surface area contributed by atoms with Crippen LogP contribution in [0.15, 0.2) is 30.5 Å². The molecule has 1 aliphatic carbocycles. The van der Waals surface area contributed by atoms with Crippen LogP contribution in [-0.4, -0.2) is 35.1 Å². The molecular weight excluding hydrogens is 464 g/mol. The first kappa shape index (κ1) is 22.2. The zero-order chi connectivity index (χ0) is 22.4. The Morgan fingerprint density at radius 2 is 2.00 bits per heavy atom. The number of benzene rings is 2. The summed E-state index contributed by atoms with van der Waals surface area (Å²) < 4.78 is 43.4. The molecule has 3 aromatic rings. The van der Waals surface area contributed by atoms with E-state index in [4.69, 9.17) is 23.2 Å². The van der Waals surface area contributed by atoms with Crippen molar-refractivity contribution in [3.8, 4) is 0 Å². The molecule has 0 atom stereocenters. The van der Waals surface area contributed by atoms with Crippen LogP contribution in [0.25, 0.3) is 10.9 Å². The van der Waals surface area contributed by atoms with Gasteiger partial charge in [0, 0.05) is 34.0 Å². The summed E-state index contributed by atoms with van der Waals surface area (Å²) in [4.78, 5) is 0. The van der Waals surface area contributed by atoms with E-state index in [1.54, 1.807) is 31.2 Å². The van der Waals surface area contributed by atoms with Crippen LogP contribution in [-0.2, 0) is 16.4 Å². The molecule has 1 aromatic heterocycles. The van der Waals surface area contributed by atoms with Crippen LogP contribution in [0.2, 0.25) is 10.0 Å². The van der Waals surface area contributed by atoms with Gasteiger partial charge in [-0.15, -0.1) is 5.10 Å². The first-order chi connectivity index (χ1) is 14.7. The maximum Gasteiger partial charge on any atom is 0.238 e. The number of rotatable bonds is 7. The second kappa shape index (κ2) is 8.16. The maximum absolute atomic E-state index is 15.6. The molecule has 2 aromatic carbocycles. The third kappa shape index (κ3) is 4.09. The molecule has 0 unspecified atom stereocenters. The Bertz CT molecular complexity index is 1280. The van der Waals surface area contributed by atoms with Crippen LogP contribution in [0.3, 0.4) is 0 Å². The van der Waals surface area contributed by atoms with Gasteiger partial charge in [0.05, 0.1) is 16.6 Å². The highest BCUT2D eigenvalue weighted by molar-refractivity contribution is 7.94. The van der Waals surface area contributed by atoms with Gasteiger partial charge in [0.1, 0.15) is 5.52 Å². The second-order valence-electron chi connectivity index (χ2n) is 7.82. The maximum atomic E-state index is 15.6. The molecule has 0 aliphatic heterocycles. The monoisotopic (exact) mass is 483 g/mol. The fourth-order valence-electron chi connectivity index (χ4n) is 3.69. The van der Waals surface area contributed by atoms with Crippen LogP contribution in [0.5, 0.6) is 0 Å². The van der Waals surface area contributed by atoms with Crippen molar-refractivity contribution < 1.29 is 17.9 Å². The molecule has 31 heavy (non-hydrogen) atoms. The molecule has 0 amide bonds. The van der Waals surface area contributed by atoms with Gasteiger partial charge in [0.2, 0.25) is 10.0 Å². The average molecular weight is 484 g/mol. The highest BCUT2D eigenvalue weighted by atomic mass is 35.5. The van der Waals surface area contributed by atoms with Gasteiger partial charge in [0.25, 0.3) is 0 Å². The van der Waals surface area contributed by atoms with Crippen molar-refractivity contribution in [2.24, 2.45) is 0 Å². The van der Waals surface area contributed by atoms with Crippen molar-refractivity contribution in [1.82, 2.24) is 10.2 Å². The minimum absolute atomic E-state index is 0.0260. The zero-order valence-electron chi connectivity index (χ0n) is 16.6. The Hall–Kier alpha value is -2.00. The van der Waals surface area contributed by atoms with E-state index >= 15 is 4.39 Å². The minimum Gasteiger partial charge on any atom is -0.396 e. The Kier molecular flexibility index (Phi) is 5.85. The number of hydrogen-bond acceptors (Lipinski definition) is 5. The summed E-state index contributed by atoms with van der Waals surface area (Å²) >= 11 is 12.2. The van der Waals surface area contributed by atoms with Gasteiger partial charge < -0.3 is 5.11 Å². The lowest BCUT2D eigenvalue weighted by atomic mass is 9.99. The van der Waals surface area contributed by atoms with E-state index in [1.165, 1.54) is 6.20 Å². The quantitative estimate of drug-likeness (QED) is 0.510. The third-order valence-electron chi connectivity index (χ3n) is 5.75. The van der Waals surface area contributed by atoms with Crippen LogP contribution in [0.4, 0.5) is 10.1 Å². The molecule has 0 saturated heterocycles. The molecule has 10 heteroatoms. The van der Waals surface area contributed by atoms with Crippen molar-refractivity contribution in [2.45, 2.75) is 37.4 Å². The molecule has 1 fully saturated rings. The Labute approximate surface area is 189 Å². The van der Waals surface area contributed by atoms with Crippen LogP contribution < -0.4 is 4.72 Å². The lowest BCUT2D eigenvalue weighted by Gasteiger charge is -2.20. The Morgan fingerprint density at radius 1 is 1.26 bits per heavy atom. The highest BCUT2D eigenvalue weighted by Gasteiger charge is 2.54. The van der Waals surface area contributed by atoms with Crippen molar-refractivity contribution in [3.05, 3.63) is 63.0 Å². The number of aliphatic hydroxyl groups excluding tert-OH is 1. The summed E-state index contributed by atoms with van der Waals surface area (Å²) in [5.41, 5.74) is 1.54. The fourth-order valence-corrected chi connectivity index (χ4v) is 5.85. The molecule has 0 bridgehead atoms. The number of nitrogens with one attached hydrogen (secondary N) is 1. The summed E-state index contributed by atoms with van der Waals surface area (Å²) in [5, 5.41) is 18.3. The summed E-state index contributed by atoms with van der Waals surface area (Å²) in [6.45, 7) is 1.51. The summed E-state index contributed by atoms with van der Waals surface area (Å²) in [5.74, 6) is -0.663. The van der Waals surface area contributed by atoms with Gasteiger partial charge in [0.15, 0.2) is 5.82 Å². The van der Waals surface area contributed by atoms with E-state index < -0.39 is 20.6 Å². The molecule has 6 nitrogen and oxygen atoms in total. The smallest absolute Gasteiger partial charge is 0.238 e. The zero-order valence-corrected chi connectivity index (χ0v) is 19.0. The minimum atomic E-state index is -3.86.